The molecular formula is C18H19ClF4N2O3S. The third kappa shape index (κ3) is 5.11. The van der Waals surface area contributed by atoms with Crippen molar-refractivity contribution in [2.75, 3.05) is 0 Å². The van der Waals surface area contributed by atoms with Crippen molar-refractivity contribution >= 4 is 29.6 Å². The highest BCUT2D eigenvalue weighted by atomic mass is 35.5. The maximum absolute atomic E-state index is 14.4. The van der Waals surface area contributed by atoms with Crippen molar-refractivity contribution in [3.05, 3.63) is 55.1 Å². The van der Waals surface area contributed by atoms with E-state index in [9.17, 15) is 31.9 Å². The first kappa shape index (κ1) is 25.0. The lowest BCUT2D eigenvalue weighted by Crippen LogP contribution is -2.43. The first-order valence-corrected chi connectivity index (χ1v) is 9.67. The Bertz CT molecular complexity index is 994. The number of nitrogens with zero attached hydrogens (tertiary/aromatic N) is 2. The molecule has 160 valence electrons. The Kier molecular flexibility index (Phi) is 8.28. The minimum absolute atomic E-state index is 0.0662. The molecule has 0 saturated carbocycles. The molecule has 0 radical (unpaired) electrons. The Morgan fingerprint density at radius 1 is 1.21 bits per heavy atom. The topological polar surface area (TPSA) is 61.1 Å². The van der Waals surface area contributed by atoms with Gasteiger partial charge in [0.15, 0.2) is 0 Å². The molecule has 2 rings (SSSR count). The van der Waals surface area contributed by atoms with Gasteiger partial charge in [0.05, 0.1) is 16.0 Å². The SMILES string of the molecule is CC.Cc1c(C(F)(F)F)n(C)c(=O)n(-c2cc(SC(C)C=O)c(Cl)cc2F)c1=O. The van der Waals surface area contributed by atoms with Crippen molar-refractivity contribution in [1.82, 2.24) is 9.13 Å². The van der Waals surface area contributed by atoms with E-state index in [0.29, 0.717) is 10.9 Å². The number of carbonyl (C=O) groups excluding carboxylic acids is 1. The zero-order valence-corrected chi connectivity index (χ0v) is 17.8. The summed E-state index contributed by atoms with van der Waals surface area (Å²) < 4.78 is 54.4. The molecule has 0 N–H and O–H groups in total. The lowest BCUT2D eigenvalue weighted by molar-refractivity contribution is -0.144. The molecule has 0 bridgehead atoms. The van der Waals surface area contributed by atoms with Gasteiger partial charge in [-0.15, -0.1) is 11.8 Å². The lowest BCUT2D eigenvalue weighted by Gasteiger charge is -2.18. The van der Waals surface area contributed by atoms with E-state index in [1.54, 1.807) is 6.92 Å². The fraction of sp³-hybridized carbons (Fsp3) is 0.389. The zero-order valence-electron chi connectivity index (χ0n) is 16.2. The van der Waals surface area contributed by atoms with Gasteiger partial charge in [-0.05, 0) is 26.0 Å². The molecule has 0 saturated heterocycles. The molecule has 5 nitrogen and oxygen atoms in total. The van der Waals surface area contributed by atoms with Gasteiger partial charge in [-0.3, -0.25) is 9.36 Å². The lowest BCUT2D eigenvalue weighted by atomic mass is 10.2. The number of carbonyl (C=O) groups is 1. The van der Waals surface area contributed by atoms with E-state index in [4.69, 9.17) is 11.6 Å². The van der Waals surface area contributed by atoms with Crippen molar-refractivity contribution < 1.29 is 22.4 Å². The summed E-state index contributed by atoms with van der Waals surface area (Å²) in [6, 6.07) is 1.88. The molecule has 1 aromatic carbocycles. The van der Waals surface area contributed by atoms with Crippen molar-refractivity contribution in [3.63, 3.8) is 0 Å². The first-order chi connectivity index (χ1) is 13.4. The molecule has 1 aromatic heterocycles. The number of halogens is 5. The number of benzene rings is 1. The van der Waals surface area contributed by atoms with Crippen molar-refractivity contribution in [1.29, 1.82) is 0 Å². The van der Waals surface area contributed by atoms with Crippen LogP contribution in [0.1, 0.15) is 32.0 Å². The molecule has 1 unspecified atom stereocenters. The van der Waals surface area contributed by atoms with Gasteiger partial charge in [-0.25, -0.2) is 13.8 Å². The normalized spacial score (nSPS) is 12.2. The molecule has 1 heterocycles. The van der Waals surface area contributed by atoms with E-state index in [1.807, 2.05) is 13.8 Å². The van der Waals surface area contributed by atoms with Gasteiger partial charge in [0.1, 0.15) is 17.8 Å². The van der Waals surface area contributed by atoms with E-state index in [-0.39, 0.29) is 14.5 Å². The fourth-order valence-corrected chi connectivity index (χ4v) is 3.57. The number of hydrogen-bond donors (Lipinski definition) is 0. The summed E-state index contributed by atoms with van der Waals surface area (Å²) in [7, 11) is 0.839. The largest absolute Gasteiger partial charge is 0.432 e. The first-order valence-electron chi connectivity index (χ1n) is 8.41. The van der Waals surface area contributed by atoms with Crippen molar-refractivity contribution in [3.8, 4) is 5.69 Å². The van der Waals surface area contributed by atoms with Crippen LogP contribution in [0.15, 0.2) is 26.6 Å². The number of aromatic nitrogens is 2. The Morgan fingerprint density at radius 2 is 1.76 bits per heavy atom. The Balaban J connectivity index is 0.00000204. The molecule has 29 heavy (non-hydrogen) atoms. The van der Waals surface area contributed by atoms with Crippen molar-refractivity contribution in [2.24, 2.45) is 7.05 Å². The molecule has 11 heteroatoms. The number of hydrogen-bond acceptors (Lipinski definition) is 4. The Labute approximate surface area is 173 Å². The molecular weight excluding hydrogens is 436 g/mol. The predicted octanol–water partition coefficient (Wildman–Crippen LogP) is 4.36. The molecule has 0 aliphatic rings. The highest BCUT2D eigenvalue weighted by Crippen LogP contribution is 2.33. The van der Waals surface area contributed by atoms with Gasteiger partial charge >= 0.3 is 11.9 Å². The highest BCUT2D eigenvalue weighted by Gasteiger charge is 2.38. The van der Waals surface area contributed by atoms with Gasteiger partial charge < -0.3 is 4.79 Å². The molecule has 0 aliphatic carbocycles. The number of alkyl halides is 3. The smallest absolute Gasteiger partial charge is 0.302 e. The number of thioether (sulfide) groups is 1. The van der Waals surface area contributed by atoms with Crippen LogP contribution < -0.4 is 11.2 Å². The van der Waals surface area contributed by atoms with Gasteiger partial charge in [-0.2, -0.15) is 13.2 Å². The molecule has 0 amide bonds. The van der Waals surface area contributed by atoms with Crippen LogP contribution in [-0.2, 0) is 18.0 Å². The summed E-state index contributed by atoms with van der Waals surface area (Å²) in [6.45, 7) is 6.45. The van der Waals surface area contributed by atoms with Crippen LogP contribution in [0.4, 0.5) is 17.6 Å². The summed E-state index contributed by atoms with van der Waals surface area (Å²) >= 11 is 6.87. The number of aldehydes is 1. The summed E-state index contributed by atoms with van der Waals surface area (Å²) in [5.74, 6) is -1.07. The quantitative estimate of drug-likeness (QED) is 0.391. The second kappa shape index (κ2) is 9.62. The average molecular weight is 455 g/mol. The monoisotopic (exact) mass is 454 g/mol. The number of rotatable bonds is 4. The van der Waals surface area contributed by atoms with Crippen LogP contribution in [0.5, 0.6) is 0 Å². The van der Waals surface area contributed by atoms with E-state index in [0.717, 1.165) is 37.9 Å². The predicted molar refractivity (Wildman–Crippen MR) is 105 cm³/mol. The van der Waals surface area contributed by atoms with Crippen LogP contribution in [0.2, 0.25) is 5.02 Å². The van der Waals surface area contributed by atoms with Crippen LogP contribution >= 0.6 is 23.4 Å². The summed E-state index contributed by atoms with van der Waals surface area (Å²) in [4.78, 5) is 35.8. The highest BCUT2D eigenvalue weighted by molar-refractivity contribution is 8.00. The van der Waals surface area contributed by atoms with Gasteiger partial charge in [0.2, 0.25) is 0 Å². The van der Waals surface area contributed by atoms with Crippen LogP contribution in [0.25, 0.3) is 5.69 Å². The third-order valence-corrected chi connectivity index (χ3v) is 5.21. The molecule has 2 aromatic rings. The van der Waals surface area contributed by atoms with E-state index < -0.39 is 45.4 Å². The second-order valence-electron chi connectivity index (χ2n) is 5.65. The minimum Gasteiger partial charge on any atom is -0.302 e. The standard InChI is InChI=1S/C16H13ClF4N2O3S.C2H6/c1-7(6-24)27-12-5-11(10(18)4-9(12)17)23-14(25)8(2)13(16(19,20)21)22(3)15(23)26;1-2/h4-7H,1-3H3;1-2H3. The van der Waals surface area contributed by atoms with Crippen LogP contribution in [0.3, 0.4) is 0 Å². The molecule has 1 atom stereocenters. The fourth-order valence-electron chi connectivity index (χ4n) is 2.48. The second-order valence-corrected chi connectivity index (χ2v) is 7.47. The minimum atomic E-state index is -4.94. The zero-order chi connectivity index (χ0) is 22.7. The molecule has 0 spiro atoms. The molecule has 0 fully saturated rings. The maximum atomic E-state index is 14.4. The van der Waals surface area contributed by atoms with E-state index in [1.165, 1.54) is 0 Å². The van der Waals surface area contributed by atoms with Crippen LogP contribution in [-0.4, -0.2) is 20.7 Å². The van der Waals surface area contributed by atoms with Gasteiger partial charge in [0.25, 0.3) is 5.56 Å². The molecule has 0 aliphatic heterocycles. The Morgan fingerprint density at radius 3 is 2.24 bits per heavy atom. The summed E-state index contributed by atoms with van der Waals surface area (Å²) in [5, 5.41) is -0.627. The van der Waals surface area contributed by atoms with E-state index >= 15 is 0 Å². The summed E-state index contributed by atoms with van der Waals surface area (Å²) in [6.07, 6.45) is -4.33. The third-order valence-electron chi connectivity index (χ3n) is 3.71. The maximum Gasteiger partial charge on any atom is 0.432 e. The van der Waals surface area contributed by atoms with Crippen molar-refractivity contribution in [2.45, 2.75) is 44.0 Å². The van der Waals surface area contributed by atoms with Crippen LogP contribution in [0, 0.1) is 12.7 Å². The van der Waals surface area contributed by atoms with Gasteiger partial charge in [-0.1, -0.05) is 25.4 Å². The summed E-state index contributed by atoms with van der Waals surface area (Å²) in [5.41, 5.74) is -5.38. The Hall–Kier alpha value is -2.07. The van der Waals surface area contributed by atoms with E-state index in [2.05, 4.69) is 0 Å². The average Bonchev–Trinajstić information content (AvgIpc) is 2.64. The van der Waals surface area contributed by atoms with Gasteiger partial charge in [0, 0.05) is 17.5 Å².